The molecule has 0 heterocycles. The van der Waals surface area contributed by atoms with E-state index in [9.17, 15) is 4.79 Å². The molecule has 0 aromatic rings. The second-order valence-corrected chi connectivity index (χ2v) is 2.52. The van der Waals surface area contributed by atoms with Crippen molar-refractivity contribution in [2.45, 2.75) is 25.7 Å². The van der Waals surface area contributed by atoms with Crippen LogP contribution in [0.5, 0.6) is 0 Å². The van der Waals surface area contributed by atoms with E-state index in [4.69, 9.17) is 6.42 Å². The maximum Gasteiger partial charge on any atom is 0.322 e. The largest absolute Gasteiger partial charge is 0.372 e. The van der Waals surface area contributed by atoms with E-state index in [1.54, 1.807) is 0 Å². The fourth-order valence-corrected chi connectivity index (χ4v) is 1.30. The summed E-state index contributed by atoms with van der Waals surface area (Å²) in [6.07, 6.45) is 10.8. The molecule has 0 radical (unpaired) electrons. The molecule has 1 fully saturated rings. The zero-order valence-corrected chi connectivity index (χ0v) is 5.80. The average Bonchev–Trinajstić information content (AvgIpc) is 2.38. The average molecular weight is 138 g/mol. The lowest BCUT2D eigenvalue weighted by atomic mass is 10.1. The predicted molar refractivity (Wildman–Crippen MR) is 36.9 cm³/mol. The van der Waals surface area contributed by atoms with Gasteiger partial charge in [0, 0.05) is 0 Å². The minimum absolute atomic E-state index is 0.0797. The van der Waals surface area contributed by atoms with Gasteiger partial charge in [0.15, 0.2) is 0 Å². The molecule has 0 aromatic heterocycles. The molecule has 10 heavy (non-hydrogen) atoms. The number of hydrogen-bond acceptors (Lipinski definition) is 2. The number of terminal acetylenes is 1. The molecular weight excluding hydrogens is 128 g/mol. The normalized spacial score (nSPS) is 18.3. The van der Waals surface area contributed by atoms with Crippen LogP contribution in [0.15, 0.2) is 0 Å². The van der Waals surface area contributed by atoms with Gasteiger partial charge in [-0.2, -0.15) is 0 Å². The molecule has 1 aliphatic rings. The summed E-state index contributed by atoms with van der Waals surface area (Å²) in [5, 5.41) is 0. The van der Waals surface area contributed by atoms with E-state index < -0.39 is 0 Å². The molecule has 2 heteroatoms. The van der Waals surface area contributed by atoms with Gasteiger partial charge in [-0.3, -0.25) is 4.79 Å². The quantitative estimate of drug-likeness (QED) is 0.403. The number of carbonyl (C=O) groups is 1. The summed E-state index contributed by atoms with van der Waals surface area (Å²) >= 11 is 0. The Labute approximate surface area is 60.6 Å². The van der Waals surface area contributed by atoms with E-state index in [-0.39, 0.29) is 11.9 Å². The zero-order chi connectivity index (χ0) is 7.40. The Balaban J connectivity index is 2.34. The van der Waals surface area contributed by atoms with Gasteiger partial charge in [-0.1, -0.05) is 19.3 Å². The Kier molecular flexibility index (Phi) is 2.33. The molecule has 0 aromatic carbocycles. The van der Waals surface area contributed by atoms with Crippen molar-refractivity contribution >= 4 is 5.97 Å². The molecule has 2 nitrogen and oxygen atoms in total. The highest BCUT2D eigenvalue weighted by molar-refractivity contribution is 5.73. The van der Waals surface area contributed by atoms with E-state index in [2.05, 4.69) is 4.74 Å². The number of rotatable bonds is 1. The molecule has 1 aliphatic carbocycles. The monoisotopic (exact) mass is 138 g/mol. The van der Waals surface area contributed by atoms with E-state index in [0.29, 0.717) is 0 Å². The zero-order valence-electron chi connectivity index (χ0n) is 5.80. The van der Waals surface area contributed by atoms with Crippen LogP contribution in [0, 0.1) is 18.4 Å². The summed E-state index contributed by atoms with van der Waals surface area (Å²) < 4.78 is 4.41. The number of hydrogen-bond donors (Lipinski definition) is 0. The fraction of sp³-hybridized carbons (Fsp3) is 0.625. The van der Waals surface area contributed by atoms with E-state index in [1.807, 2.05) is 6.11 Å². The van der Waals surface area contributed by atoms with Crippen molar-refractivity contribution in [1.82, 2.24) is 0 Å². The van der Waals surface area contributed by atoms with Crippen LogP contribution in [0.3, 0.4) is 0 Å². The van der Waals surface area contributed by atoms with Crippen LogP contribution >= 0.6 is 0 Å². The van der Waals surface area contributed by atoms with Crippen molar-refractivity contribution in [3.8, 4) is 12.5 Å². The number of esters is 1. The van der Waals surface area contributed by atoms with E-state index in [1.165, 1.54) is 0 Å². The predicted octanol–water partition coefficient (Wildman–Crippen LogP) is 1.31. The summed E-state index contributed by atoms with van der Waals surface area (Å²) in [6.45, 7) is 0. The van der Waals surface area contributed by atoms with Gasteiger partial charge in [0.25, 0.3) is 0 Å². The molecule has 0 saturated heterocycles. The molecule has 0 bridgehead atoms. The first kappa shape index (κ1) is 7.14. The Morgan fingerprint density at radius 1 is 1.50 bits per heavy atom. The van der Waals surface area contributed by atoms with Crippen molar-refractivity contribution < 1.29 is 9.53 Å². The Bertz CT molecular complexity index is 161. The molecule has 0 spiro atoms. The number of carbonyl (C=O) groups excluding carboxylic acids is 1. The van der Waals surface area contributed by atoms with Crippen LogP contribution in [0.4, 0.5) is 0 Å². The van der Waals surface area contributed by atoms with Crippen molar-refractivity contribution in [2.24, 2.45) is 5.92 Å². The summed E-state index contributed by atoms with van der Waals surface area (Å²) in [4.78, 5) is 10.9. The van der Waals surface area contributed by atoms with Gasteiger partial charge in [-0.05, 0) is 12.8 Å². The van der Waals surface area contributed by atoms with Crippen LogP contribution in [-0.4, -0.2) is 5.97 Å². The van der Waals surface area contributed by atoms with Crippen molar-refractivity contribution in [3.05, 3.63) is 0 Å². The van der Waals surface area contributed by atoms with Crippen LogP contribution in [0.1, 0.15) is 25.7 Å². The molecule has 1 saturated carbocycles. The summed E-state index contributed by atoms with van der Waals surface area (Å²) in [5.74, 6) is -0.143. The minimum Gasteiger partial charge on any atom is -0.372 e. The van der Waals surface area contributed by atoms with E-state index >= 15 is 0 Å². The van der Waals surface area contributed by atoms with Gasteiger partial charge in [0.05, 0.1) is 5.92 Å². The third-order valence-electron chi connectivity index (χ3n) is 1.85. The standard InChI is InChI=1S/C8H10O2/c1-2-10-8(9)7-5-3-4-6-7/h1,7H,3-6H2. The maximum absolute atomic E-state index is 10.9. The third-order valence-corrected chi connectivity index (χ3v) is 1.85. The lowest BCUT2D eigenvalue weighted by Crippen LogP contribution is -2.11. The molecule has 0 amide bonds. The summed E-state index contributed by atoms with van der Waals surface area (Å²) in [7, 11) is 0. The highest BCUT2D eigenvalue weighted by Gasteiger charge is 2.23. The second-order valence-electron chi connectivity index (χ2n) is 2.52. The van der Waals surface area contributed by atoms with Crippen LogP contribution in [0.2, 0.25) is 0 Å². The van der Waals surface area contributed by atoms with Crippen LogP contribution in [-0.2, 0) is 9.53 Å². The Morgan fingerprint density at radius 3 is 2.60 bits per heavy atom. The Hall–Kier alpha value is -0.970. The second kappa shape index (κ2) is 3.26. The van der Waals surface area contributed by atoms with Crippen molar-refractivity contribution in [1.29, 1.82) is 0 Å². The number of ether oxygens (including phenoxy) is 1. The molecule has 0 N–H and O–H groups in total. The molecular formula is C8H10O2. The van der Waals surface area contributed by atoms with Gasteiger partial charge in [-0.15, -0.1) is 0 Å². The van der Waals surface area contributed by atoms with Gasteiger partial charge < -0.3 is 4.74 Å². The van der Waals surface area contributed by atoms with Crippen molar-refractivity contribution in [3.63, 3.8) is 0 Å². The first-order chi connectivity index (χ1) is 4.84. The molecule has 0 atom stereocenters. The minimum atomic E-state index is -0.222. The molecule has 0 aliphatic heterocycles. The molecule has 0 unspecified atom stereocenters. The van der Waals surface area contributed by atoms with Crippen LogP contribution < -0.4 is 0 Å². The van der Waals surface area contributed by atoms with Crippen molar-refractivity contribution in [2.75, 3.05) is 0 Å². The SMILES string of the molecule is C#COC(=O)C1CCCC1. The van der Waals surface area contributed by atoms with Gasteiger partial charge in [0.2, 0.25) is 0 Å². The smallest absolute Gasteiger partial charge is 0.322 e. The van der Waals surface area contributed by atoms with Gasteiger partial charge in [0.1, 0.15) is 6.11 Å². The summed E-state index contributed by atoms with van der Waals surface area (Å²) in [6, 6.07) is 0. The van der Waals surface area contributed by atoms with E-state index in [0.717, 1.165) is 25.7 Å². The van der Waals surface area contributed by atoms with Gasteiger partial charge in [-0.25, -0.2) is 0 Å². The first-order valence-corrected chi connectivity index (χ1v) is 3.51. The maximum atomic E-state index is 10.9. The molecule has 1 rings (SSSR count). The summed E-state index contributed by atoms with van der Waals surface area (Å²) in [5.41, 5.74) is 0. The topological polar surface area (TPSA) is 26.3 Å². The Morgan fingerprint density at radius 2 is 2.10 bits per heavy atom. The van der Waals surface area contributed by atoms with Crippen LogP contribution in [0.25, 0.3) is 0 Å². The lowest BCUT2D eigenvalue weighted by Gasteiger charge is -2.01. The highest BCUT2D eigenvalue weighted by atomic mass is 16.5. The highest BCUT2D eigenvalue weighted by Crippen LogP contribution is 2.25. The first-order valence-electron chi connectivity index (χ1n) is 3.51. The fourth-order valence-electron chi connectivity index (χ4n) is 1.30. The molecule has 54 valence electrons. The lowest BCUT2D eigenvalue weighted by molar-refractivity contribution is -0.141. The van der Waals surface area contributed by atoms with Gasteiger partial charge >= 0.3 is 5.97 Å². The third kappa shape index (κ3) is 1.51.